The van der Waals surface area contributed by atoms with E-state index >= 15 is 0 Å². The van der Waals surface area contributed by atoms with Gasteiger partial charge in [-0.25, -0.2) is 4.79 Å². The monoisotopic (exact) mass is 300 g/mol. The Bertz CT molecular complexity index is 507. The van der Waals surface area contributed by atoms with Gasteiger partial charge in [0, 0.05) is 0 Å². The highest BCUT2D eigenvalue weighted by Gasteiger charge is 2.14. The molecule has 0 saturated carbocycles. The fourth-order valence-electron chi connectivity index (χ4n) is 1.25. The predicted octanol–water partition coefficient (Wildman–Crippen LogP) is 0.962. The Morgan fingerprint density at radius 2 is 2.10 bits per heavy atom. The van der Waals surface area contributed by atoms with Crippen LogP contribution in [0.15, 0.2) is 18.2 Å². The Hall–Kier alpha value is -2.91. The van der Waals surface area contributed by atoms with Crippen LogP contribution in [0.4, 0.5) is 4.79 Å². The second-order valence-corrected chi connectivity index (χ2v) is 3.58. The summed E-state index contributed by atoms with van der Waals surface area (Å²) >= 11 is 0. The van der Waals surface area contributed by atoms with Crippen molar-refractivity contribution in [2.45, 2.75) is 26.4 Å². The molecular formula is C11H12N2O8. The smallest absolute Gasteiger partial charge is 0.461 e. The van der Waals surface area contributed by atoms with Gasteiger partial charge in [0.1, 0.15) is 13.2 Å². The predicted molar refractivity (Wildman–Crippen MR) is 63.9 cm³/mol. The van der Waals surface area contributed by atoms with Crippen molar-refractivity contribution in [2.75, 3.05) is 0 Å². The SMILES string of the molecule is CC(OC(=O)OCc1cccc(COC=O)n1)O[N+](=O)[O-]. The number of pyridine rings is 1. The molecule has 1 unspecified atom stereocenters. The lowest BCUT2D eigenvalue weighted by Gasteiger charge is -2.10. The minimum atomic E-state index is -1.38. The number of carbonyl (C=O) groups excluding carboxylic acids is 2. The number of nitrogens with zero attached hydrogens (tertiary/aromatic N) is 2. The third kappa shape index (κ3) is 6.71. The van der Waals surface area contributed by atoms with Crippen LogP contribution >= 0.6 is 0 Å². The molecule has 21 heavy (non-hydrogen) atoms. The maximum atomic E-state index is 11.2. The summed E-state index contributed by atoms with van der Waals surface area (Å²) in [4.78, 5) is 39.3. The van der Waals surface area contributed by atoms with Crippen molar-refractivity contribution in [3.63, 3.8) is 0 Å². The highest BCUT2D eigenvalue weighted by atomic mass is 17.0. The van der Waals surface area contributed by atoms with Gasteiger partial charge >= 0.3 is 6.16 Å². The number of aromatic nitrogens is 1. The zero-order valence-corrected chi connectivity index (χ0v) is 11.0. The lowest BCUT2D eigenvalue weighted by Crippen LogP contribution is -2.21. The van der Waals surface area contributed by atoms with E-state index in [1.165, 1.54) is 6.92 Å². The Kier molecular flexibility index (Phi) is 6.38. The van der Waals surface area contributed by atoms with Crippen LogP contribution in [0, 0.1) is 10.1 Å². The fourth-order valence-corrected chi connectivity index (χ4v) is 1.25. The van der Waals surface area contributed by atoms with Crippen LogP contribution in [-0.2, 0) is 37.1 Å². The molecule has 0 aromatic carbocycles. The van der Waals surface area contributed by atoms with Gasteiger partial charge in [-0.1, -0.05) is 6.07 Å². The summed E-state index contributed by atoms with van der Waals surface area (Å²) in [5.41, 5.74) is 0.864. The average Bonchev–Trinajstić information content (AvgIpc) is 2.42. The molecule has 1 aromatic heterocycles. The second kappa shape index (κ2) is 8.30. The first-order valence-corrected chi connectivity index (χ1v) is 5.66. The molecule has 1 rings (SSSR count). The summed E-state index contributed by atoms with van der Waals surface area (Å²) in [6.45, 7) is 1.24. The van der Waals surface area contributed by atoms with E-state index in [1.54, 1.807) is 18.2 Å². The molecule has 0 N–H and O–H groups in total. The van der Waals surface area contributed by atoms with Gasteiger partial charge in [-0.2, -0.15) is 0 Å². The fraction of sp³-hybridized carbons (Fsp3) is 0.364. The summed E-state index contributed by atoms with van der Waals surface area (Å²) in [7, 11) is 0. The minimum Gasteiger partial charge on any atom is -0.461 e. The van der Waals surface area contributed by atoms with Crippen LogP contribution in [0.3, 0.4) is 0 Å². The summed E-state index contributed by atoms with van der Waals surface area (Å²) in [5.74, 6) is 0. The van der Waals surface area contributed by atoms with E-state index in [9.17, 15) is 19.7 Å². The normalized spacial score (nSPS) is 11.1. The average molecular weight is 300 g/mol. The maximum Gasteiger partial charge on any atom is 0.510 e. The molecule has 0 aliphatic carbocycles. The van der Waals surface area contributed by atoms with E-state index in [0.717, 1.165) is 0 Å². The molecule has 0 saturated heterocycles. The van der Waals surface area contributed by atoms with Crippen molar-refractivity contribution in [2.24, 2.45) is 0 Å². The van der Waals surface area contributed by atoms with Crippen molar-refractivity contribution in [3.8, 4) is 0 Å². The van der Waals surface area contributed by atoms with Gasteiger partial charge in [-0.15, -0.1) is 10.1 Å². The van der Waals surface area contributed by atoms with Crippen LogP contribution in [0.1, 0.15) is 18.3 Å². The van der Waals surface area contributed by atoms with E-state index in [-0.39, 0.29) is 13.2 Å². The van der Waals surface area contributed by atoms with E-state index in [0.29, 0.717) is 17.9 Å². The highest BCUT2D eigenvalue weighted by molar-refractivity contribution is 5.59. The van der Waals surface area contributed by atoms with Crippen molar-refractivity contribution >= 4 is 12.6 Å². The Labute approximate surface area is 118 Å². The van der Waals surface area contributed by atoms with Gasteiger partial charge in [0.15, 0.2) is 0 Å². The van der Waals surface area contributed by atoms with Gasteiger partial charge in [0.25, 0.3) is 11.6 Å². The van der Waals surface area contributed by atoms with Crippen molar-refractivity contribution in [3.05, 3.63) is 39.7 Å². The van der Waals surface area contributed by atoms with E-state index in [2.05, 4.69) is 19.3 Å². The number of hydrogen-bond acceptors (Lipinski definition) is 9. The molecule has 0 aliphatic heterocycles. The third-order valence-electron chi connectivity index (χ3n) is 2.00. The molecule has 10 nitrogen and oxygen atoms in total. The highest BCUT2D eigenvalue weighted by Crippen LogP contribution is 2.04. The number of rotatable bonds is 8. The summed E-state index contributed by atoms with van der Waals surface area (Å²) < 4.78 is 13.7. The van der Waals surface area contributed by atoms with E-state index in [4.69, 9.17) is 4.74 Å². The third-order valence-corrected chi connectivity index (χ3v) is 2.00. The Morgan fingerprint density at radius 3 is 2.71 bits per heavy atom. The zero-order chi connectivity index (χ0) is 15.7. The summed E-state index contributed by atoms with van der Waals surface area (Å²) in [5, 5.41) is 8.91. The van der Waals surface area contributed by atoms with E-state index in [1.807, 2.05) is 0 Å². The first-order chi connectivity index (χ1) is 10.0. The molecule has 0 amide bonds. The van der Waals surface area contributed by atoms with Crippen LogP contribution in [0.5, 0.6) is 0 Å². The van der Waals surface area contributed by atoms with Crippen LogP contribution < -0.4 is 0 Å². The number of carbonyl (C=O) groups is 2. The summed E-state index contributed by atoms with van der Waals surface area (Å²) in [6.07, 6.45) is -2.52. The lowest BCUT2D eigenvalue weighted by molar-refractivity contribution is -0.777. The maximum absolute atomic E-state index is 11.2. The van der Waals surface area contributed by atoms with Crippen molar-refractivity contribution in [1.82, 2.24) is 4.98 Å². The molecule has 0 spiro atoms. The molecule has 1 atom stereocenters. The minimum absolute atomic E-state index is 0.00447. The van der Waals surface area contributed by atoms with Crippen molar-refractivity contribution < 1.29 is 33.7 Å². The molecule has 0 bridgehead atoms. The molecule has 1 heterocycles. The molecular weight excluding hydrogens is 288 g/mol. The Balaban J connectivity index is 2.41. The molecule has 1 aromatic rings. The van der Waals surface area contributed by atoms with Crippen molar-refractivity contribution in [1.29, 1.82) is 0 Å². The van der Waals surface area contributed by atoms with Gasteiger partial charge in [-0.3, -0.25) is 14.6 Å². The van der Waals surface area contributed by atoms with E-state index < -0.39 is 17.5 Å². The number of ether oxygens (including phenoxy) is 3. The molecule has 10 heteroatoms. The van der Waals surface area contributed by atoms with Gasteiger partial charge in [0.2, 0.25) is 6.29 Å². The zero-order valence-electron chi connectivity index (χ0n) is 11.0. The molecule has 0 radical (unpaired) electrons. The molecule has 0 aliphatic rings. The lowest BCUT2D eigenvalue weighted by atomic mass is 10.3. The second-order valence-electron chi connectivity index (χ2n) is 3.58. The van der Waals surface area contributed by atoms with Crippen LogP contribution in [-0.4, -0.2) is 29.0 Å². The van der Waals surface area contributed by atoms with Crippen LogP contribution in [0.2, 0.25) is 0 Å². The largest absolute Gasteiger partial charge is 0.510 e. The van der Waals surface area contributed by atoms with Gasteiger partial charge in [0.05, 0.1) is 11.4 Å². The first kappa shape index (κ1) is 16.1. The summed E-state index contributed by atoms with van der Waals surface area (Å²) in [6, 6.07) is 4.84. The molecule has 0 fully saturated rings. The standard InChI is InChI=1S/C11H12N2O8/c1-8(21-13(16)17)20-11(15)19-6-10-4-2-3-9(12-10)5-18-7-14/h2-4,7-8H,5-6H2,1H3. The molecule has 114 valence electrons. The van der Waals surface area contributed by atoms with Gasteiger partial charge in [-0.05, 0) is 19.1 Å². The first-order valence-electron chi connectivity index (χ1n) is 5.66. The quantitative estimate of drug-likeness (QED) is 0.227. The Morgan fingerprint density at radius 1 is 1.43 bits per heavy atom. The topological polar surface area (TPSA) is 127 Å². The van der Waals surface area contributed by atoms with Crippen LogP contribution in [0.25, 0.3) is 0 Å². The number of hydrogen-bond donors (Lipinski definition) is 0. The van der Waals surface area contributed by atoms with Gasteiger partial charge < -0.3 is 14.2 Å².